The van der Waals surface area contributed by atoms with Crippen molar-refractivity contribution in [3.8, 4) is 0 Å². The van der Waals surface area contributed by atoms with E-state index in [0.29, 0.717) is 26.1 Å². The van der Waals surface area contributed by atoms with Crippen LogP contribution in [-0.4, -0.2) is 41.9 Å². The van der Waals surface area contributed by atoms with Gasteiger partial charge in [-0.1, -0.05) is 5.16 Å². The molecule has 1 N–H and O–H groups in total. The SMILES string of the molecule is CC(=O)/C(=N/OC1CCOCC1)C(=O)O. The van der Waals surface area contributed by atoms with Crippen LogP contribution in [-0.2, 0) is 19.2 Å². The molecule has 0 aromatic heterocycles. The van der Waals surface area contributed by atoms with Crippen molar-refractivity contribution in [2.24, 2.45) is 5.16 Å². The second-order valence-corrected chi connectivity index (χ2v) is 3.22. The fourth-order valence-corrected chi connectivity index (χ4v) is 1.16. The molecular weight excluding hydrogens is 202 g/mol. The molecule has 0 aliphatic carbocycles. The minimum Gasteiger partial charge on any atom is -0.476 e. The third-order valence-corrected chi connectivity index (χ3v) is 2.00. The van der Waals surface area contributed by atoms with Crippen molar-refractivity contribution in [1.29, 1.82) is 0 Å². The smallest absolute Gasteiger partial charge is 0.361 e. The van der Waals surface area contributed by atoms with Gasteiger partial charge in [-0.15, -0.1) is 0 Å². The molecule has 0 aromatic carbocycles. The van der Waals surface area contributed by atoms with Gasteiger partial charge in [-0.3, -0.25) is 4.79 Å². The van der Waals surface area contributed by atoms with Gasteiger partial charge in [-0.25, -0.2) is 4.79 Å². The maximum Gasteiger partial charge on any atom is 0.361 e. The molecule has 0 atom stereocenters. The Labute approximate surface area is 86.8 Å². The number of carboxylic acids is 1. The summed E-state index contributed by atoms with van der Waals surface area (Å²) in [6.45, 7) is 2.28. The molecule has 0 radical (unpaired) electrons. The lowest BCUT2D eigenvalue weighted by Gasteiger charge is -2.19. The number of carbonyl (C=O) groups is 2. The zero-order valence-corrected chi connectivity index (χ0v) is 8.43. The first-order valence-electron chi connectivity index (χ1n) is 4.67. The van der Waals surface area contributed by atoms with Crippen molar-refractivity contribution in [3.63, 3.8) is 0 Å². The maximum atomic E-state index is 10.8. The number of carbonyl (C=O) groups excluding carboxylic acids is 1. The van der Waals surface area contributed by atoms with E-state index in [1.165, 1.54) is 0 Å². The fraction of sp³-hybridized carbons (Fsp3) is 0.667. The molecule has 84 valence electrons. The van der Waals surface area contributed by atoms with Crippen LogP contribution in [0.4, 0.5) is 0 Å². The molecule has 0 unspecified atom stereocenters. The number of hydrogen-bond acceptors (Lipinski definition) is 5. The first kappa shape index (κ1) is 11.6. The van der Waals surface area contributed by atoms with Crippen LogP contribution in [0.25, 0.3) is 0 Å². The van der Waals surface area contributed by atoms with Gasteiger partial charge in [0.2, 0.25) is 5.71 Å². The number of carboxylic acid groups (broad SMARTS) is 1. The Morgan fingerprint density at radius 1 is 1.40 bits per heavy atom. The van der Waals surface area contributed by atoms with Gasteiger partial charge in [0.15, 0.2) is 5.78 Å². The Morgan fingerprint density at radius 2 is 2.00 bits per heavy atom. The van der Waals surface area contributed by atoms with Gasteiger partial charge in [0, 0.05) is 19.8 Å². The van der Waals surface area contributed by atoms with Crippen molar-refractivity contribution >= 4 is 17.5 Å². The quantitative estimate of drug-likeness (QED) is 0.411. The molecule has 0 saturated carbocycles. The maximum absolute atomic E-state index is 10.8. The number of rotatable bonds is 4. The number of aliphatic carboxylic acids is 1. The van der Waals surface area contributed by atoms with E-state index >= 15 is 0 Å². The van der Waals surface area contributed by atoms with Gasteiger partial charge in [-0.05, 0) is 0 Å². The van der Waals surface area contributed by atoms with Gasteiger partial charge in [0.05, 0.1) is 13.2 Å². The highest BCUT2D eigenvalue weighted by atomic mass is 16.6. The predicted octanol–water partition coefficient (Wildman–Crippen LogP) is 0.212. The van der Waals surface area contributed by atoms with Crippen molar-refractivity contribution in [3.05, 3.63) is 0 Å². The molecule has 0 spiro atoms. The summed E-state index contributed by atoms with van der Waals surface area (Å²) in [5.74, 6) is -1.98. The zero-order chi connectivity index (χ0) is 11.3. The molecule has 1 saturated heterocycles. The second-order valence-electron chi connectivity index (χ2n) is 3.22. The van der Waals surface area contributed by atoms with Crippen LogP contribution in [0.1, 0.15) is 19.8 Å². The molecule has 0 bridgehead atoms. The molecule has 0 amide bonds. The molecule has 1 heterocycles. The van der Waals surface area contributed by atoms with Gasteiger partial charge in [-0.2, -0.15) is 0 Å². The van der Waals surface area contributed by atoms with E-state index in [4.69, 9.17) is 14.7 Å². The molecule has 1 aliphatic heterocycles. The molecule has 1 aliphatic rings. The number of Topliss-reactive ketones (excluding diaryl/α,β-unsaturated/α-hetero) is 1. The van der Waals surface area contributed by atoms with Crippen LogP contribution < -0.4 is 0 Å². The van der Waals surface area contributed by atoms with E-state index in [2.05, 4.69) is 5.16 Å². The van der Waals surface area contributed by atoms with Gasteiger partial charge >= 0.3 is 5.97 Å². The summed E-state index contributed by atoms with van der Waals surface area (Å²) >= 11 is 0. The minimum atomic E-state index is -1.37. The van der Waals surface area contributed by atoms with Crippen LogP contribution in [0.15, 0.2) is 5.16 Å². The Kier molecular flexibility index (Phi) is 4.23. The largest absolute Gasteiger partial charge is 0.476 e. The summed E-state index contributed by atoms with van der Waals surface area (Å²) in [6.07, 6.45) is 1.16. The highest BCUT2D eigenvalue weighted by Crippen LogP contribution is 2.10. The average Bonchev–Trinajstić information content (AvgIpc) is 2.18. The van der Waals surface area contributed by atoms with E-state index in [0.717, 1.165) is 6.92 Å². The van der Waals surface area contributed by atoms with Crippen LogP contribution >= 0.6 is 0 Å². The minimum absolute atomic E-state index is 0.160. The van der Waals surface area contributed by atoms with Crippen LogP contribution in [0.3, 0.4) is 0 Å². The molecule has 15 heavy (non-hydrogen) atoms. The van der Waals surface area contributed by atoms with Crippen LogP contribution in [0.5, 0.6) is 0 Å². The fourth-order valence-electron chi connectivity index (χ4n) is 1.16. The van der Waals surface area contributed by atoms with Crippen LogP contribution in [0.2, 0.25) is 0 Å². The molecule has 0 aromatic rings. The third-order valence-electron chi connectivity index (χ3n) is 2.00. The summed E-state index contributed by atoms with van der Waals surface area (Å²) in [5.41, 5.74) is -0.568. The second kappa shape index (κ2) is 5.45. The molecule has 1 fully saturated rings. The number of nitrogens with zero attached hydrogens (tertiary/aromatic N) is 1. The first-order valence-corrected chi connectivity index (χ1v) is 4.67. The average molecular weight is 215 g/mol. The summed E-state index contributed by atoms with van der Waals surface area (Å²) < 4.78 is 5.09. The number of hydrogen-bond donors (Lipinski definition) is 1. The summed E-state index contributed by atoms with van der Waals surface area (Å²) in [7, 11) is 0. The standard InChI is InChI=1S/C9H13NO5/c1-6(11)8(9(12)13)10-15-7-2-4-14-5-3-7/h7H,2-5H2,1H3,(H,12,13)/b10-8-. The molecule has 6 nitrogen and oxygen atoms in total. The van der Waals surface area contributed by atoms with Gasteiger partial charge in [0.25, 0.3) is 0 Å². The van der Waals surface area contributed by atoms with Crippen molar-refractivity contribution in [2.75, 3.05) is 13.2 Å². The van der Waals surface area contributed by atoms with Crippen molar-refractivity contribution in [2.45, 2.75) is 25.9 Å². The Bertz CT molecular complexity index is 264. The number of ether oxygens (including phenoxy) is 1. The first-order chi connectivity index (χ1) is 7.11. The highest BCUT2D eigenvalue weighted by molar-refractivity contribution is 6.63. The monoisotopic (exact) mass is 215 g/mol. The zero-order valence-electron chi connectivity index (χ0n) is 8.43. The lowest BCUT2D eigenvalue weighted by Crippen LogP contribution is -2.25. The number of ketones is 1. The van der Waals surface area contributed by atoms with E-state index in [-0.39, 0.29) is 6.10 Å². The molecule has 6 heteroatoms. The Balaban J connectivity index is 2.52. The summed E-state index contributed by atoms with van der Waals surface area (Å²) in [4.78, 5) is 26.4. The molecule has 1 rings (SSSR count). The Hall–Kier alpha value is -1.43. The highest BCUT2D eigenvalue weighted by Gasteiger charge is 2.19. The predicted molar refractivity (Wildman–Crippen MR) is 50.7 cm³/mol. The van der Waals surface area contributed by atoms with E-state index in [1.54, 1.807) is 0 Å². The summed E-state index contributed by atoms with van der Waals surface area (Å²) in [5, 5.41) is 12.0. The van der Waals surface area contributed by atoms with E-state index in [1.807, 2.05) is 0 Å². The lowest BCUT2D eigenvalue weighted by molar-refractivity contribution is -0.130. The van der Waals surface area contributed by atoms with E-state index in [9.17, 15) is 9.59 Å². The summed E-state index contributed by atoms with van der Waals surface area (Å²) in [6, 6.07) is 0. The van der Waals surface area contributed by atoms with Crippen molar-refractivity contribution < 1.29 is 24.3 Å². The van der Waals surface area contributed by atoms with Gasteiger partial charge in [0.1, 0.15) is 6.10 Å². The van der Waals surface area contributed by atoms with Crippen molar-refractivity contribution in [1.82, 2.24) is 0 Å². The molecular formula is C9H13NO5. The normalized spacial score (nSPS) is 18.6. The topological polar surface area (TPSA) is 85.2 Å². The van der Waals surface area contributed by atoms with Gasteiger partial charge < -0.3 is 14.7 Å². The Morgan fingerprint density at radius 3 is 2.47 bits per heavy atom. The lowest BCUT2D eigenvalue weighted by atomic mass is 10.2. The third kappa shape index (κ3) is 3.67. The van der Waals surface area contributed by atoms with Crippen LogP contribution in [0, 0.1) is 0 Å². The number of oxime groups is 1. The van der Waals surface area contributed by atoms with E-state index < -0.39 is 17.5 Å².